The summed E-state index contributed by atoms with van der Waals surface area (Å²) in [7, 11) is 0. The van der Waals surface area contributed by atoms with E-state index in [2.05, 4.69) is 12.2 Å². The first-order chi connectivity index (χ1) is 11.4. The molecule has 6 nitrogen and oxygen atoms in total. The van der Waals surface area contributed by atoms with Crippen molar-refractivity contribution in [2.45, 2.75) is 45.1 Å². The average molecular weight is 334 g/mol. The lowest BCUT2D eigenvalue weighted by Crippen LogP contribution is -2.48. The summed E-state index contributed by atoms with van der Waals surface area (Å²) in [6.45, 7) is 4.42. The van der Waals surface area contributed by atoms with Crippen LogP contribution >= 0.6 is 0 Å². The molecule has 1 aliphatic carbocycles. The molecule has 0 spiro atoms. The first kappa shape index (κ1) is 18.3. The Morgan fingerprint density at radius 1 is 1.33 bits per heavy atom. The van der Waals surface area contributed by atoms with E-state index in [4.69, 9.17) is 15.2 Å². The number of anilines is 1. The topological polar surface area (TPSA) is 90.7 Å². The van der Waals surface area contributed by atoms with E-state index < -0.39 is 11.5 Å². The molecule has 0 radical (unpaired) electrons. The molecule has 0 bridgehead atoms. The first-order valence-corrected chi connectivity index (χ1v) is 8.42. The fraction of sp³-hybridized carbons (Fsp3) is 0.556. The molecule has 1 aromatic carbocycles. The van der Waals surface area contributed by atoms with Crippen molar-refractivity contribution in [1.29, 1.82) is 0 Å². The first-order valence-electron chi connectivity index (χ1n) is 8.42. The van der Waals surface area contributed by atoms with Crippen LogP contribution in [0.15, 0.2) is 24.3 Å². The third-order valence-electron chi connectivity index (χ3n) is 4.28. The zero-order valence-corrected chi connectivity index (χ0v) is 14.3. The van der Waals surface area contributed by atoms with Crippen molar-refractivity contribution in [3.8, 4) is 5.75 Å². The van der Waals surface area contributed by atoms with Crippen molar-refractivity contribution in [3.05, 3.63) is 24.3 Å². The number of nitrogens with one attached hydrogen (secondary N) is 1. The minimum Gasteiger partial charge on any atom is -0.484 e. The van der Waals surface area contributed by atoms with Crippen molar-refractivity contribution in [2.24, 2.45) is 11.7 Å². The van der Waals surface area contributed by atoms with Crippen LogP contribution in [0.3, 0.4) is 0 Å². The molecule has 2 rings (SSSR count). The Bertz CT molecular complexity index is 569. The lowest BCUT2D eigenvalue weighted by atomic mass is 9.78. The SMILES string of the molecule is CCO[C@@]1(C(=O)Nc2ccc(OCC(N)=O)cc2)CCC[C@H](C)C1. The van der Waals surface area contributed by atoms with Gasteiger partial charge >= 0.3 is 0 Å². The van der Waals surface area contributed by atoms with Gasteiger partial charge in [-0.2, -0.15) is 0 Å². The van der Waals surface area contributed by atoms with Gasteiger partial charge in [-0.1, -0.05) is 13.3 Å². The second-order valence-electron chi connectivity index (χ2n) is 6.36. The minimum absolute atomic E-state index is 0.0956. The summed E-state index contributed by atoms with van der Waals surface area (Å²) in [4.78, 5) is 23.5. The molecule has 24 heavy (non-hydrogen) atoms. The highest BCUT2D eigenvalue weighted by atomic mass is 16.5. The Kier molecular flexibility index (Phi) is 6.20. The lowest BCUT2D eigenvalue weighted by Gasteiger charge is -2.38. The summed E-state index contributed by atoms with van der Waals surface area (Å²) < 4.78 is 11.1. The van der Waals surface area contributed by atoms with Gasteiger partial charge in [0.15, 0.2) is 6.61 Å². The standard InChI is InChI=1S/C18H26N2O4/c1-3-24-18(10-4-5-13(2)11-18)17(22)20-14-6-8-15(9-7-14)23-12-16(19)21/h6-9,13H,3-5,10-12H2,1-2H3,(H2,19,21)(H,20,22)/t13-,18-/m0/s1. The summed E-state index contributed by atoms with van der Waals surface area (Å²) in [5.74, 6) is 0.373. The van der Waals surface area contributed by atoms with Gasteiger partial charge in [0.25, 0.3) is 11.8 Å². The van der Waals surface area contributed by atoms with Crippen LogP contribution in [0.1, 0.15) is 39.5 Å². The summed E-state index contributed by atoms with van der Waals surface area (Å²) >= 11 is 0. The van der Waals surface area contributed by atoms with Gasteiger partial charge in [-0.3, -0.25) is 9.59 Å². The number of hydrogen-bond donors (Lipinski definition) is 2. The predicted molar refractivity (Wildman–Crippen MR) is 91.8 cm³/mol. The van der Waals surface area contributed by atoms with Crippen molar-refractivity contribution in [2.75, 3.05) is 18.5 Å². The minimum atomic E-state index is -0.743. The monoisotopic (exact) mass is 334 g/mol. The van der Waals surface area contributed by atoms with Crippen LogP contribution in [0.4, 0.5) is 5.69 Å². The van der Waals surface area contributed by atoms with Gasteiger partial charge in [0, 0.05) is 12.3 Å². The Labute approximate surface area is 142 Å². The maximum Gasteiger partial charge on any atom is 0.256 e. The number of carbonyl (C=O) groups is 2. The van der Waals surface area contributed by atoms with Crippen LogP contribution in [-0.4, -0.2) is 30.6 Å². The number of nitrogens with two attached hydrogens (primary N) is 1. The molecule has 1 fully saturated rings. The van der Waals surface area contributed by atoms with Crippen LogP contribution in [0.25, 0.3) is 0 Å². The van der Waals surface area contributed by atoms with E-state index in [0.29, 0.717) is 24.0 Å². The highest BCUT2D eigenvalue weighted by Gasteiger charge is 2.42. The molecule has 3 N–H and O–H groups in total. The molecule has 0 unspecified atom stereocenters. The predicted octanol–water partition coefficient (Wildman–Crippen LogP) is 2.47. The Balaban J connectivity index is 2.02. The maximum absolute atomic E-state index is 12.8. The van der Waals surface area contributed by atoms with Crippen LogP contribution in [0.2, 0.25) is 0 Å². The Morgan fingerprint density at radius 3 is 2.62 bits per heavy atom. The molecule has 2 atom stereocenters. The van der Waals surface area contributed by atoms with Crippen LogP contribution in [0.5, 0.6) is 5.75 Å². The number of ether oxygens (including phenoxy) is 2. The molecule has 1 saturated carbocycles. The molecule has 1 aliphatic rings. The molecule has 132 valence electrons. The average Bonchev–Trinajstić information content (AvgIpc) is 2.54. The Morgan fingerprint density at radius 2 is 2.04 bits per heavy atom. The number of hydrogen-bond acceptors (Lipinski definition) is 4. The number of carbonyl (C=O) groups excluding carboxylic acids is 2. The maximum atomic E-state index is 12.8. The van der Waals surface area contributed by atoms with Gasteiger partial charge < -0.3 is 20.5 Å². The summed E-state index contributed by atoms with van der Waals surface area (Å²) in [6, 6.07) is 6.85. The smallest absolute Gasteiger partial charge is 0.256 e. The zero-order valence-electron chi connectivity index (χ0n) is 14.3. The number of rotatable bonds is 7. The second-order valence-corrected chi connectivity index (χ2v) is 6.36. The summed E-state index contributed by atoms with van der Waals surface area (Å²) in [6.07, 6.45) is 3.62. The number of primary amides is 1. The van der Waals surface area contributed by atoms with E-state index in [1.54, 1.807) is 24.3 Å². The molecular formula is C18H26N2O4. The van der Waals surface area contributed by atoms with E-state index in [-0.39, 0.29) is 12.5 Å². The highest BCUT2D eigenvalue weighted by molar-refractivity contribution is 5.97. The van der Waals surface area contributed by atoms with Gasteiger partial charge in [-0.15, -0.1) is 0 Å². The van der Waals surface area contributed by atoms with Crippen LogP contribution in [-0.2, 0) is 14.3 Å². The van der Waals surface area contributed by atoms with E-state index >= 15 is 0 Å². The van der Waals surface area contributed by atoms with E-state index in [1.807, 2.05) is 6.92 Å². The molecule has 0 saturated heterocycles. The third kappa shape index (κ3) is 4.71. The van der Waals surface area contributed by atoms with Crippen molar-refractivity contribution in [1.82, 2.24) is 0 Å². The Hall–Kier alpha value is -2.08. The normalized spacial score (nSPS) is 23.5. The zero-order chi connectivity index (χ0) is 17.6. The van der Waals surface area contributed by atoms with E-state index in [9.17, 15) is 9.59 Å². The quantitative estimate of drug-likeness (QED) is 0.801. The van der Waals surface area contributed by atoms with E-state index in [1.165, 1.54) is 0 Å². The van der Waals surface area contributed by atoms with Crippen LogP contribution in [0, 0.1) is 5.92 Å². The van der Waals surface area contributed by atoms with Gasteiger partial charge in [-0.25, -0.2) is 0 Å². The second kappa shape index (κ2) is 8.15. The molecule has 6 heteroatoms. The molecule has 0 aromatic heterocycles. The van der Waals surface area contributed by atoms with Gasteiger partial charge in [0.2, 0.25) is 0 Å². The fourth-order valence-electron chi connectivity index (χ4n) is 3.22. The van der Waals surface area contributed by atoms with Crippen LogP contribution < -0.4 is 15.8 Å². The fourth-order valence-corrected chi connectivity index (χ4v) is 3.22. The highest BCUT2D eigenvalue weighted by Crippen LogP contribution is 2.36. The molecule has 0 heterocycles. The van der Waals surface area contributed by atoms with Gasteiger partial charge in [0.05, 0.1) is 0 Å². The van der Waals surface area contributed by atoms with E-state index in [0.717, 1.165) is 25.7 Å². The summed E-state index contributed by atoms with van der Waals surface area (Å²) in [5, 5.41) is 2.94. The molecule has 0 aliphatic heterocycles. The molecule has 1 aromatic rings. The molecular weight excluding hydrogens is 308 g/mol. The van der Waals surface area contributed by atoms with Crippen molar-refractivity contribution >= 4 is 17.5 Å². The lowest BCUT2D eigenvalue weighted by molar-refractivity contribution is -0.147. The molecule has 2 amide bonds. The summed E-state index contributed by atoms with van der Waals surface area (Å²) in [5.41, 5.74) is 4.97. The van der Waals surface area contributed by atoms with Gasteiger partial charge in [-0.05, 0) is 56.4 Å². The van der Waals surface area contributed by atoms with Crippen molar-refractivity contribution < 1.29 is 19.1 Å². The largest absolute Gasteiger partial charge is 0.484 e. The van der Waals surface area contributed by atoms with Crippen molar-refractivity contribution in [3.63, 3.8) is 0 Å². The number of benzene rings is 1. The number of amides is 2. The third-order valence-corrected chi connectivity index (χ3v) is 4.28. The van der Waals surface area contributed by atoms with Gasteiger partial charge in [0.1, 0.15) is 11.4 Å².